The molecule has 1 aliphatic rings. The van der Waals surface area contributed by atoms with Crippen LogP contribution in [0.15, 0.2) is 12.2 Å². The van der Waals surface area contributed by atoms with E-state index >= 15 is 0 Å². The molecule has 2 unspecified atom stereocenters. The van der Waals surface area contributed by atoms with Crippen LogP contribution in [0.3, 0.4) is 0 Å². The van der Waals surface area contributed by atoms with Crippen molar-refractivity contribution in [2.75, 3.05) is 0 Å². The van der Waals surface area contributed by atoms with Crippen molar-refractivity contribution in [3.8, 4) is 0 Å². The van der Waals surface area contributed by atoms with E-state index in [2.05, 4.69) is 0 Å². The molecule has 0 spiro atoms. The standard InChI is InChI=1S/C13H17F3O4/c1-8(2)12(20-11(19)6-5-10(17)18)7-3-4-9(12)13(14,15)16/h5-6,8-9H,3-4,7H2,1-2H3,(H,17,18)/b6-5+. The minimum absolute atomic E-state index is 0.0857. The van der Waals surface area contributed by atoms with Crippen molar-refractivity contribution in [2.24, 2.45) is 11.8 Å². The maximum Gasteiger partial charge on any atom is 0.395 e. The highest BCUT2D eigenvalue weighted by atomic mass is 19.4. The second-order valence-electron chi connectivity index (χ2n) is 5.19. The third-order valence-corrected chi connectivity index (χ3v) is 3.68. The number of ether oxygens (including phenoxy) is 1. The second kappa shape index (κ2) is 5.85. The summed E-state index contributed by atoms with van der Waals surface area (Å²) in [5, 5.41) is 8.40. The zero-order valence-electron chi connectivity index (χ0n) is 11.2. The monoisotopic (exact) mass is 294 g/mol. The Bertz CT molecular complexity index is 414. The fourth-order valence-electron chi connectivity index (χ4n) is 2.73. The lowest BCUT2D eigenvalue weighted by molar-refractivity contribution is -0.234. The molecule has 0 bridgehead atoms. The van der Waals surface area contributed by atoms with Crippen LogP contribution in [-0.2, 0) is 14.3 Å². The summed E-state index contributed by atoms with van der Waals surface area (Å²) in [6.45, 7) is 3.14. The summed E-state index contributed by atoms with van der Waals surface area (Å²) in [7, 11) is 0. The highest BCUT2D eigenvalue weighted by Gasteiger charge is 2.59. The average Bonchev–Trinajstić information content (AvgIpc) is 2.71. The number of hydrogen-bond acceptors (Lipinski definition) is 3. The van der Waals surface area contributed by atoms with Gasteiger partial charge < -0.3 is 9.84 Å². The van der Waals surface area contributed by atoms with Gasteiger partial charge in [-0.2, -0.15) is 13.2 Å². The highest BCUT2D eigenvalue weighted by Crippen LogP contribution is 2.51. The number of hydrogen-bond donors (Lipinski definition) is 1. The lowest BCUT2D eigenvalue weighted by atomic mass is 9.80. The van der Waals surface area contributed by atoms with E-state index in [1.54, 1.807) is 13.8 Å². The Labute approximate surface area is 114 Å². The Morgan fingerprint density at radius 1 is 1.35 bits per heavy atom. The number of aliphatic carboxylic acids is 1. The maximum atomic E-state index is 13.1. The van der Waals surface area contributed by atoms with Crippen molar-refractivity contribution >= 4 is 11.9 Å². The van der Waals surface area contributed by atoms with Crippen LogP contribution in [0.4, 0.5) is 13.2 Å². The number of carboxylic acid groups (broad SMARTS) is 1. The Morgan fingerprint density at radius 3 is 2.40 bits per heavy atom. The number of carbonyl (C=O) groups is 2. The maximum absolute atomic E-state index is 13.1. The van der Waals surface area contributed by atoms with Gasteiger partial charge in [-0.1, -0.05) is 13.8 Å². The Hall–Kier alpha value is -1.53. The molecule has 0 aromatic carbocycles. The first kappa shape index (κ1) is 16.5. The molecule has 1 fully saturated rings. The molecule has 1 aliphatic carbocycles. The molecule has 0 aromatic heterocycles. The normalized spacial score (nSPS) is 27.2. The molecule has 1 saturated carbocycles. The number of rotatable bonds is 4. The van der Waals surface area contributed by atoms with E-state index in [-0.39, 0.29) is 12.8 Å². The van der Waals surface area contributed by atoms with E-state index in [0.29, 0.717) is 18.6 Å². The van der Waals surface area contributed by atoms with Gasteiger partial charge in [-0.25, -0.2) is 9.59 Å². The van der Waals surface area contributed by atoms with E-state index in [1.807, 2.05) is 0 Å². The molecule has 1 N–H and O–H groups in total. The van der Waals surface area contributed by atoms with Crippen LogP contribution in [0.25, 0.3) is 0 Å². The Balaban J connectivity index is 2.98. The molecule has 2 atom stereocenters. The molecule has 0 saturated heterocycles. The Morgan fingerprint density at radius 2 is 1.95 bits per heavy atom. The largest absolute Gasteiger partial charge is 0.478 e. The second-order valence-corrected chi connectivity index (χ2v) is 5.19. The number of carboxylic acids is 1. The smallest absolute Gasteiger partial charge is 0.395 e. The molecule has 1 rings (SSSR count). The van der Waals surface area contributed by atoms with Crippen LogP contribution in [0.2, 0.25) is 0 Å². The molecular weight excluding hydrogens is 277 g/mol. The average molecular weight is 294 g/mol. The minimum atomic E-state index is -4.45. The molecule has 4 nitrogen and oxygen atoms in total. The van der Waals surface area contributed by atoms with Crippen LogP contribution in [0.5, 0.6) is 0 Å². The third-order valence-electron chi connectivity index (χ3n) is 3.68. The lowest BCUT2D eigenvalue weighted by Gasteiger charge is -2.39. The van der Waals surface area contributed by atoms with Crippen molar-refractivity contribution in [3.63, 3.8) is 0 Å². The first-order valence-electron chi connectivity index (χ1n) is 6.30. The molecular formula is C13H17F3O4. The van der Waals surface area contributed by atoms with E-state index in [1.165, 1.54) is 0 Å². The van der Waals surface area contributed by atoms with Crippen molar-refractivity contribution < 1.29 is 32.6 Å². The topological polar surface area (TPSA) is 63.6 Å². The first-order valence-corrected chi connectivity index (χ1v) is 6.30. The van der Waals surface area contributed by atoms with Crippen molar-refractivity contribution in [1.82, 2.24) is 0 Å². The van der Waals surface area contributed by atoms with E-state index in [4.69, 9.17) is 9.84 Å². The molecule has 114 valence electrons. The van der Waals surface area contributed by atoms with Crippen molar-refractivity contribution in [2.45, 2.75) is 44.9 Å². The molecule has 0 amide bonds. The van der Waals surface area contributed by atoms with Gasteiger partial charge in [0.1, 0.15) is 5.60 Å². The summed E-state index contributed by atoms with van der Waals surface area (Å²) in [5.74, 6) is -4.65. The molecule has 20 heavy (non-hydrogen) atoms. The fourth-order valence-corrected chi connectivity index (χ4v) is 2.73. The van der Waals surface area contributed by atoms with Crippen molar-refractivity contribution in [3.05, 3.63) is 12.2 Å². The van der Waals surface area contributed by atoms with Crippen LogP contribution >= 0.6 is 0 Å². The summed E-state index contributed by atoms with van der Waals surface area (Å²) in [6, 6.07) is 0. The van der Waals surface area contributed by atoms with Crippen LogP contribution in [-0.4, -0.2) is 28.8 Å². The predicted molar refractivity (Wildman–Crippen MR) is 63.8 cm³/mol. The minimum Gasteiger partial charge on any atom is -0.478 e. The molecule has 0 aromatic rings. The van der Waals surface area contributed by atoms with Crippen LogP contribution in [0, 0.1) is 11.8 Å². The lowest BCUT2D eigenvalue weighted by Crippen LogP contribution is -2.49. The number of carbonyl (C=O) groups excluding carboxylic acids is 1. The van der Waals surface area contributed by atoms with Gasteiger partial charge >= 0.3 is 18.1 Å². The third kappa shape index (κ3) is 3.52. The molecule has 0 aliphatic heterocycles. The summed E-state index contributed by atoms with van der Waals surface area (Å²) >= 11 is 0. The number of esters is 1. The van der Waals surface area contributed by atoms with Crippen molar-refractivity contribution in [1.29, 1.82) is 0 Å². The Kier molecular flexibility index (Phi) is 4.83. The molecule has 7 heteroatoms. The zero-order valence-corrected chi connectivity index (χ0v) is 11.2. The van der Waals surface area contributed by atoms with Crippen LogP contribution in [0.1, 0.15) is 33.1 Å². The van der Waals surface area contributed by atoms with Gasteiger partial charge in [0.05, 0.1) is 5.92 Å². The van der Waals surface area contributed by atoms with Gasteiger partial charge in [0.15, 0.2) is 0 Å². The first-order chi connectivity index (χ1) is 9.09. The molecule has 0 heterocycles. The zero-order chi connectivity index (χ0) is 15.6. The van der Waals surface area contributed by atoms with Gasteiger partial charge in [-0.15, -0.1) is 0 Å². The SMILES string of the molecule is CC(C)C1(OC(=O)/C=C/C(=O)O)CCCC1C(F)(F)F. The van der Waals surface area contributed by atoms with Gasteiger partial charge in [-0.3, -0.25) is 0 Å². The van der Waals surface area contributed by atoms with Gasteiger partial charge in [0.2, 0.25) is 0 Å². The summed E-state index contributed by atoms with van der Waals surface area (Å²) in [6.07, 6.45) is -2.90. The number of halogens is 3. The summed E-state index contributed by atoms with van der Waals surface area (Å²) in [5.41, 5.74) is -1.61. The summed E-state index contributed by atoms with van der Waals surface area (Å²) < 4.78 is 44.3. The summed E-state index contributed by atoms with van der Waals surface area (Å²) in [4.78, 5) is 21.8. The van der Waals surface area contributed by atoms with Gasteiger partial charge in [0, 0.05) is 12.2 Å². The predicted octanol–water partition coefficient (Wildman–Crippen LogP) is 2.93. The quantitative estimate of drug-likeness (QED) is 0.639. The molecule has 0 radical (unpaired) electrons. The van der Waals surface area contributed by atoms with Gasteiger partial charge in [-0.05, 0) is 25.2 Å². The van der Waals surface area contributed by atoms with Crippen LogP contribution < -0.4 is 0 Å². The van der Waals surface area contributed by atoms with E-state index in [9.17, 15) is 22.8 Å². The fraction of sp³-hybridized carbons (Fsp3) is 0.692. The highest BCUT2D eigenvalue weighted by molar-refractivity contribution is 5.90. The van der Waals surface area contributed by atoms with Gasteiger partial charge in [0.25, 0.3) is 0 Å². The van der Waals surface area contributed by atoms with E-state index < -0.39 is 35.6 Å². The van der Waals surface area contributed by atoms with E-state index in [0.717, 1.165) is 0 Å². The number of alkyl halides is 3.